The summed E-state index contributed by atoms with van der Waals surface area (Å²) in [6.07, 6.45) is 1.50. The number of benzene rings is 1. The molecule has 0 bridgehead atoms. The standard InChI is InChI=1S/C9H9ClN4/c1-6-12-5-13-14(6)7-2-3-9(11)8(10)4-7/h2-5H,11H2,1H3. The van der Waals surface area contributed by atoms with Crippen molar-refractivity contribution in [3.05, 3.63) is 35.4 Å². The highest BCUT2D eigenvalue weighted by Crippen LogP contribution is 2.21. The highest BCUT2D eigenvalue weighted by atomic mass is 35.5. The van der Waals surface area contributed by atoms with Crippen LogP contribution in [0.15, 0.2) is 24.5 Å². The first-order valence-electron chi connectivity index (χ1n) is 4.10. The Morgan fingerprint density at radius 2 is 2.21 bits per heavy atom. The molecule has 0 fully saturated rings. The maximum atomic E-state index is 5.90. The highest BCUT2D eigenvalue weighted by Gasteiger charge is 2.03. The third-order valence-corrected chi connectivity index (χ3v) is 2.27. The van der Waals surface area contributed by atoms with Gasteiger partial charge >= 0.3 is 0 Å². The van der Waals surface area contributed by atoms with E-state index in [4.69, 9.17) is 17.3 Å². The molecule has 1 aromatic carbocycles. The second-order valence-corrected chi connectivity index (χ2v) is 3.33. The van der Waals surface area contributed by atoms with Crippen LogP contribution in [0.25, 0.3) is 5.69 Å². The Labute approximate surface area is 86.3 Å². The van der Waals surface area contributed by atoms with Gasteiger partial charge in [0.15, 0.2) is 0 Å². The van der Waals surface area contributed by atoms with E-state index >= 15 is 0 Å². The molecule has 2 aromatic rings. The molecule has 2 N–H and O–H groups in total. The lowest BCUT2D eigenvalue weighted by molar-refractivity contribution is 0.840. The summed E-state index contributed by atoms with van der Waals surface area (Å²) in [6, 6.07) is 5.36. The number of halogens is 1. The van der Waals surface area contributed by atoms with Crippen molar-refractivity contribution in [2.45, 2.75) is 6.92 Å². The van der Waals surface area contributed by atoms with E-state index in [1.165, 1.54) is 6.33 Å². The van der Waals surface area contributed by atoms with Gasteiger partial charge in [0.25, 0.3) is 0 Å². The van der Waals surface area contributed by atoms with Crippen LogP contribution in [0, 0.1) is 6.92 Å². The average Bonchev–Trinajstić information content (AvgIpc) is 2.57. The number of anilines is 1. The van der Waals surface area contributed by atoms with Crippen molar-refractivity contribution < 1.29 is 0 Å². The second-order valence-electron chi connectivity index (χ2n) is 2.92. The SMILES string of the molecule is Cc1ncnn1-c1ccc(N)c(Cl)c1. The molecule has 0 saturated heterocycles. The van der Waals surface area contributed by atoms with Crippen molar-refractivity contribution in [2.24, 2.45) is 0 Å². The summed E-state index contributed by atoms with van der Waals surface area (Å²) in [5, 5.41) is 4.59. The molecule has 0 atom stereocenters. The Hall–Kier alpha value is -1.55. The van der Waals surface area contributed by atoms with Crippen molar-refractivity contribution in [1.82, 2.24) is 14.8 Å². The number of nitrogens with two attached hydrogens (primary N) is 1. The van der Waals surface area contributed by atoms with Gasteiger partial charge < -0.3 is 5.73 Å². The van der Waals surface area contributed by atoms with Gasteiger partial charge in [-0.15, -0.1) is 0 Å². The van der Waals surface area contributed by atoms with Gasteiger partial charge in [0.1, 0.15) is 12.2 Å². The lowest BCUT2D eigenvalue weighted by atomic mass is 10.3. The molecule has 1 aromatic heterocycles. The smallest absolute Gasteiger partial charge is 0.138 e. The summed E-state index contributed by atoms with van der Waals surface area (Å²) < 4.78 is 1.70. The predicted molar refractivity (Wildman–Crippen MR) is 55.5 cm³/mol. The molecule has 1 heterocycles. The van der Waals surface area contributed by atoms with E-state index in [1.54, 1.807) is 16.8 Å². The van der Waals surface area contributed by atoms with Gasteiger partial charge in [0.05, 0.1) is 16.4 Å². The van der Waals surface area contributed by atoms with Gasteiger partial charge in [-0.25, -0.2) is 9.67 Å². The second kappa shape index (κ2) is 3.31. The van der Waals surface area contributed by atoms with Crippen molar-refractivity contribution in [3.63, 3.8) is 0 Å². The number of nitrogens with zero attached hydrogens (tertiary/aromatic N) is 3. The first-order valence-corrected chi connectivity index (χ1v) is 4.48. The molecule has 72 valence electrons. The van der Waals surface area contributed by atoms with Gasteiger partial charge in [-0.1, -0.05) is 11.6 Å². The van der Waals surface area contributed by atoms with Crippen molar-refractivity contribution >= 4 is 17.3 Å². The van der Waals surface area contributed by atoms with Crippen molar-refractivity contribution in [1.29, 1.82) is 0 Å². The fraction of sp³-hybridized carbons (Fsp3) is 0.111. The highest BCUT2D eigenvalue weighted by molar-refractivity contribution is 6.33. The van der Waals surface area contributed by atoms with Crippen LogP contribution < -0.4 is 5.73 Å². The first kappa shape index (κ1) is 9.02. The quantitative estimate of drug-likeness (QED) is 0.728. The zero-order valence-electron chi connectivity index (χ0n) is 7.61. The molecule has 0 saturated carbocycles. The molecule has 0 amide bonds. The van der Waals surface area contributed by atoms with E-state index in [0.717, 1.165) is 11.5 Å². The molecule has 2 rings (SSSR count). The summed E-state index contributed by atoms with van der Waals surface area (Å²) in [7, 11) is 0. The Morgan fingerprint density at radius 1 is 1.43 bits per heavy atom. The molecule has 0 spiro atoms. The number of aryl methyl sites for hydroxylation is 1. The van der Waals surface area contributed by atoms with Crippen LogP contribution in [0.1, 0.15) is 5.82 Å². The molecule has 0 aliphatic rings. The molecular formula is C9H9ClN4. The van der Waals surface area contributed by atoms with E-state index < -0.39 is 0 Å². The van der Waals surface area contributed by atoms with Gasteiger partial charge in [-0.05, 0) is 25.1 Å². The van der Waals surface area contributed by atoms with Crippen LogP contribution in [-0.4, -0.2) is 14.8 Å². The van der Waals surface area contributed by atoms with Crippen LogP contribution in [0.3, 0.4) is 0 Å². The molecule has 5 heteroatoms. The van der Waals surface area contributed by atoms with Crippen LogP contribution >= 0.6 is 11.6 Å². The average molecular weight is 209 g/mol. The molecule has 14 heavy (non-hydrogen) atoms. The largest absolute Gasteiger partial charge is 0.398 e. The molecule has 0 radical (unpaired) electrons. The summed E-state index contributed by atoms with van der Waals surface area (Å²) in [6.45, 7) is 1.87. The zero-order valence-corrected chi connectivity index (χ0v) is 8.36. The van der Waals surface area contributed by atoms with Crippen molar-refractivity contribution in [3.8, 4) is 5.69 Å². The number of nitrogen functional groups attached to an aromatic ring is 1. The maximum absolute atomic E-state index is 5.90. The minimum Gasteiger partial charge on any atom is -0.398 e. The van der Waals surface area contributed by atoms with Gasteiger partial charge in [-0.2, -0.15) is 5.10 Å². The van der Waals surface area contributed by atoms with Gasteiger partial charge in [-0.3, -0.25) is 0 Å². The van der Waals surface area contributed by atoms with E-state index in [0.29, 0.717) is 10.7 Å². The molecular weight excluding hydrogens is 200 g/mol. The minimum atomic E-state index is 0.525. The maximum Gasteiger partial charge on any atom is 0.138 e. The van der Waals surface area contributed by atoms with Crippen molar-refractivity contribution in [2.75, 3.05) is 5.73 Å². The van der Waals surface area contributed by atoms with Crippen LogP contribution in [-0.2, 0) is 0 Å². The lowest BCUT2D eigenvalue weighted by Gasteiger charge is -2.04. The third kappa shape index (κ3) is 1.44. The summed E-state index contributed by atoms with van der Waals surface area (Å²) in [5.74, 6) is 0.811. The fourth-order valence-electron chi connectivity index (χ4n) is 1.20. The Kier molecular flexibility index (Phi) is 2.13. The van der Waals surface area contributed by atoms with E-state index in [1.807, 2.05) is 13.0 Å². The lowest BCUT2D eigenvalue weighted by Crippen LogP contribution is -1.99. The van der Waals surface area contributed by atoms with E-state index in [2.05, 4.69) is 10.1 Å². The molecule has 0 aliphatic heterocycles. The Bertz CT molecular complexity index is 464. The third-order valence-electron chi connectivity index (χ3n) is 1.95. The molecule has 4 nitrogen and oxygen atoms in total. The number of rotatable bonds is 1. The zero-order chi connectivity index (χ0) is 10.1. The first-order chi connectivity index (χ1) is 6.68. The fourth-order valence-corrected chi connectivity index (χ4v) is 1.38. The van der Waals surface area contributed by atoms with E-state index in [9.17, 15) is 0 Å². The minimum absolute atomic E-state index is 0.525. The number of hydrogen-bond donors (Lipinski definition) is 1. The van der Waals surface area contributed by atoms with Gasteiger partial charge in [0.2, 0.25) is 0 Å². The van der Waals surface area contributed by atoms with Crippen LogP contribution in [0.5, 0.6) is 0 Å². The van der Waals surface area contributed by atoms with Crippen LogP contribution in [0.2, 0.25) is 5.02 Å². The topological polar surface area (TPSA) is 56.7 Å². The summed E-state index contributed by atoms with van der Waals surface area (Å²) >= 11 is 5.90. The monoisotopic (exact) mass is 208 g/mol. The molecule has 0 aliphatic carbocycles. The van der Waals surface area contributed by atoms with Gasteiger partial charge in [0, 0.05) is 0 Å². The number of hydrogen-bond acceptors (Lipinski definition) is 3. The Morgan fingerprint density at radius 3 is 2.79 bits per heavy atom. The summed E-state index contributed by atoms with van der Waals surface area (Å²) in [5.41, 5.74) is 7.03. The van der Waals surface area contributed by atoms with Crippen LogP contribution in [0.4, 0.5) is 5.69 Å². The number of aromatic nitrogens is 3. The van der Waals surface area contributed by atoms with E-state index in [-0.39, 0.29) is 0 Å². The summed E-state index contributed by atoms with van der Waals surface area (Å²) in [4.78, 5) is 4.02. The Balaban J connectivity index is 2.53. The predicted octanol–water partition coefficient (Wildman–Crippen LogP) is 1.81. The molecule has 0 unspecified atom stereocenters. The normalized spacial score (nSPS) is 10.4.